The molecule has 0 aromatic carbocycles. The van der Waals surface area contributed by atoms with Gasteiger partial charge < -0.3 is 21.2 Å². The van der Waals surface area contributed by atoms with Gasteiger partial charge in [0.05, 0.1) is 0 Å². The summed E-state index contributed by atoms with van der Waals surface area (Å²) in [5.74, 6) is 0. The molecule has 0 aromatic rings. The summed E-state index contributed by atoms with van der Waals surface area (Å²) in [7, 11) is -10.8. The fourth-order valence-electron chi connectivity index (χ4n) is 3.93. The lowest BCUT2D eigenvalue weighted by Gasteiger charge is -2.38. The Balaban J connectivity index is 4.57. The van der Waals surface area contributed by atoms with Crippen molar-refractivity contribution >= 4 is 50.4 Å². The lowest BCUT2D eigenvalue weighted by molar-refractivity contribution is 0.132. The zero-order valence-electron chi connectivity index (χ0n) is 23.3. The minimum Gasteiger partial charge on any atom is -0.437 e. The Morgan fingerprint density at radius 1 is 0.387 bits per heavy atom. The lowest BCUT2D eigenvalue weighted by atomic mass is 10.5. The SMILES string of the molecule is C[Si](C)(C)O[Si](C)(CCCOCCC[Si](C)(O[Si](C)(C)C)O[Si](C)(C)C)O[Si](C)(C)C. The number of hydrogen-bond donors (Lipinski definition) is 0. The second-order valence-corrected chi connectivity index (χ2v) is 38.6. The summed E-state index contributed by atoms with van der Waals surface area (Å²) in [6.45, 7) is 33.1. The zero-order chi connectivity index (χ0) is 24.8. The molecule has 11 heteroatoms. The standard InChI is InChI=1S/C20H54O5Si6/c1-26(2,3)22-30(13,23-27(4,5)6)19-15-17-21-18-16-20-31(14,24-28(7,8)9)25-29(10,11)12/h15-20H2,1-14H3. The van der Waals surface area contributed by atoms with Crippen LogP contribution in [0, 0.1) is 0 Å². The van der Waals surface area contributed by atoms with Gasteiger partial charge >= 0.3 is 17.1 Å². The normalized spacial score (nSPS) is 14.9. The molecule has 0 saturated carbocycles. The van der Waals surface area contributed by atoms with Gasteiger partial charge in [0, 0.05) is 13.2 Å². The molecule has 0 N–H and O–H groups in total. The maximum absolute atomic E-state index is 6.58. The summed E-state index contributed by atoms with van der Waals surface area (Å²) in [6, 6.07) is 2.01. The monoisotopic (exact) mass is 542 g/mol. The predicted molar refractivity (Wildman–Crippen MR) is 151 cm³/mol. The van der Waals surface area contributed by atoms with Crippen LogP contribution in [0.25, 0.3) is 0 Å². The molecule has 0 aliphatic carbocycles. The largest absolute Gasteiger partial charge is 0.437 e. The summed E-state index contributed by atoms with van der Waals surface area (Å²) < 4.78 is 32.3. The summed E-state index contributed by atoms with van der Waals surface area (Å²) in [6.07, 6.45) is 2.01. The van der Waals surface area contributed by atoms with E-state index in [0.717, 1.165) is 38.1 Å². The van der Waals surface area contributed by atoms with E-state index in [2.05, 4.69) is 91.7 Å². The van der Waals surface area contributed by atoms with Crippen LogP contribution in [0.4, 0.5) is 0 Å². The van der Waals surface area contributed by atoms with E-state index < -0.39 is 50.4 Å². The molecule has 0 atom stereocenters. The van der Waals surface area contributed by atoms with Crippen molar-refractivity contribution in [3.05, 3.63) is 0 Å². The quantitative estimate of drug-likeness (QED) is 0.151. The third-order valence-electron chi connectivity index (χ3n) is 3.93. The van der Waals surface area contributed by atoms with Crippen molar-refractivity contribution in [2.45, 2.75) is 117 Å². The Morgan fingerprint density at radius 2 is 0.613 bits per heavy atom. The first kappa shape index (κ1) is 32.1. The highest BCUT2D eigenvalue weighted by Gasteiger charge is 2.41. The van der Waals surface area contributed by atoms with Gasteiger partial charge in [0.1, 0.15) is 0 Å². The molecule has 0 bridgehead atoms. The van der Waals surface area contributed by atoms with Crippen molar-refractivity contribution in [3.8, 4) is 0 Å². The van der Waals surface area contributed by atoms with Gasteiger partial charge in [-0.05, 0) is 117 Å². The van der Waals surface area contributed by atoms with Gasteiger partial charge in [-0.25, -0.2) is 0 Å². The van der Waals surface area contributed by atoms with Crippen LogP contribution >= 0.6 is 0 Å². The first-order valence-electron chi connectivity index (χ1n) is 11.9. The maximum Gasteiger partial charge on any atom is 0.314 e. The molecule has 5 nitrogen and oxygen atoms in total. The molecular formula is C20H54O5Si6. The summed E-state index contributed by atoms with van der Waals surface area (Å²) >= 11 is 0. The van der Waals surface area contributed by atoms with Gasteiger partial charge in [-0.3, -0.25) is 0 Å². The topological polar surface area (TPSA) is 46.2 Å². The molecule has 0 aromatic heterocycles. The Hall–Kier alpha value is 1.10. The van der Waals surface area contributed by atoms with Crippen LogP contribution in [0.5, 0.6) is 0 Å². The number of hydrogen-bond acceptors (Lipinski definition) is 5. The number of rotatable bonds is 16. The van der Waals surface area contributed by atoms with Gasteiger partial charge in [0.2, 0.25) is 0 Å². The van der Waals surface area contributed by atoms with Crippen molar-refractivity contribution in [2.24, 2.45) is 0 Å². The second kappa shape index (κ2) is 12.2. The molecule has 188 valence electrons. The molecule has 31 heavy (non-hydrogen) atoms. The highest BCUT2D eigenvalue weighted by molar-refractivity contribution is 6.88. The fraction of sp³-hybridized carbons (Fsp3) is 1.00. The van der Waals surface area contributed by atoms with Crippen LogP contribution in [-0.4, -0.2) is 63.6 Å². The average Bonchev–Trinajstić information content (AvgIpc) is 2.37. The Morgan fingerprint density at radius 3 is 0.806 bits per heavy atom. The van der Waals surface area contributed by atoms with Crippen molar-refractivity contribution < 1.29 is 21.2 Å². The summed E-state index contributed by atoms with van der Waals surface area (Å²) in [5, 5.41) is 0. The van der Waals surface area contributed by atoms with Gasteiger partial charge in [-0.1, -0.05) is 0 Å². The molecular weight excluding hydrogens is 489 g/mol. The number of ether oxygens (including phenoxy) is 1. The Bertz CT molecular complexity index is 442. The van der Waals surface area contributed by atoms with Gasteiger partial charge in [-0.2, -0.15) is 0 Å². The first-order chi connectivity index (χ1) is 13.5. The van der Waals surface area contributed by atoms with Crippen molar-refractivity contribution in [3.63, 3.8) is 0 Å². The van der Waals surface area contributed by atoms with Crippen molar-refractivity contribution in [2.75, 3.05) is 13.2 Å². The van der Waals surface area contributed by atoms with Crippen LogP contribution in [0.1, 0.15) is 12.8 Å². The minimum absolute atomic E-state index is 0.773. The third kappa shape index (κ3) is 19.1. The predicted octanol–water partition coefficient (Wildman–Crippen LogP) is 7.33. The molecule has 0 aliphatic rings. The smallest absolute Gasteiger partial charge is 0.314 e. The Kier molecular flexibility index (Phi) is 12.6. The van der Waals surface area contributed by atoms with Gasteiger partial charge in [-0.15, -0.1) is 0 Å². The molecule has 0 saturated heterocycles. The second-order valence-electron chi connectivity index (χ2n) is 12.9. The molecule has 0 aliphatic heterocycles. The molecule has 0 amide bonds. The van der Waals surface area contributed by atoms with E-state index in [0.29, 0.717) is 0 Å². The van der Waals surface area contributed by atoms with E-state index >= 15 is 0 Å². The van der Waals surface area contributed by atoms with E-state index in [4.69, 9.17) is 21.2 Å². The molecule has 0 fully saturated rings. The van der Waals surface area contributed by atoms with E-state index in [-0.39, 0.29) is 0 Å². The molecule has 0 unspecified atom stereocenters. The van der Waals surface area contributed by atoms with E-state index in [1.165, 1.54) is 0 Å². The van der Waals surface area contributed by atoms with Crippen molar-refractivity contribution in [1.29, 1.82) is 0 Å². The minimum atomic E-state index is -2.15. The summed E-state index contributed by atoms with van der Waals surface area (Å²) in [4.78, 5) is 0. The third-order valence-corrected chi connectivity index (χ3v) is 23.2. The van der Waals surface area contributed by atoms with Crippen LogP contribution in [-0.2, 0) is 21.2 Å². The van der Waals surface area contributed by atoms with E-state index in [1.807, 2.05) is 0 Å². The average molecular weight is 543 g/mol. The van der Waals surface area contributed by atoms with Crippen LogP contribution in [0.15, 0.2) is 0 Å². The summed E-state index contributed by atoms with van der Waals surface area (Å²) in [5.41, 5.74) is 0. The van der Waals surface area contributed by atoms with Crippen molar-refractivity contribution in [1.82, 2.24) is 0 Å². The lowest BCUT2D eigenvalue weighted by Crippen LogP contribution is -2.52. The highest BCUT2D eigenvalue weighted by atomic mass is 28.5. The molecule has 0 rings (SSSR count). The zero-order valence-corrected chi connectivity index (χ0v) is 29.3. The van der Waals surface area contributed by atoms with E-state index in [1.54, 1.807) is 0 Å². The van der Waals surface area contributed by atoms with Crippen LogP contribution < -0.4 is 0 Å². The van der Waals surface area contributed by atoms with Crippen LogP contribution in [0.3, 0.4) is 0 Å². The molecule has 0 spiro atoms. The molecule has 0 heterocycles. The maximum atomic E-state index is 6.58. The molecule has 0 radical (unpaired) electrons. The van der Waals surface area contributed by atoms with Gasteiger partial charge in [0.15, 0.2) is 33.3 Å². The fourth-order valence-corrected chi connectivity index (χ4v) is 28.9. The van der Waals surface area contributed by atoms with E-state index in [9.17, 15) is 0 Å². The first-order valence-corrected chi connectivity index (χ1v) is 30.6. The van der Waals surface area contributed by atoms with Gasteiger partial charge in [0.25, 0.3) is 0 Å². The Labute approximate surface area is 201 Å². The highest BCUT2D eigenvalue weighted by Crippen LogP contribution is 2.27. The van der Waals surface area contributed by atoms with Crippen LogP contribution in [0.2, 0.25) is 104 Å².